The van der Waals surface area contributed by atoms with Crippen LogP contribution in [-0.4, -0.2) is 23.1 Å². The van der Waals surface area contributed by atoms with Crippen molar-refractivity contribution >= 4 is 17.3 Å². The number of piperidine rings is 1. The van der Waals surface area contributed by atoms with E-state index in [0.717, 1.165) is 24.5 Å². The minimum atomic E-state index is 0.375. The summed E-state index contributed by atoms with van der Waals surface area (Å²) in [4.78, 5) is 10.9. The molecule has 3 rings (SSSR count). The molecular weight excluding hydrogens is 274 g/mol. The molecule has 1 aliphatic rings. The molecule has 2 aromatic rings. The number of hydrogen-bond donors (Lipinski definition) is 1. The molecule has 0 bridgehead atoms. The van der Waals surface area contributed by atoms with Gasteiger partial charge in [0.1, 0.15) is 11.8 Å². The lowest BCUT2D eigenvalue weighted by Crippen LogP contribution is -2.29. The minimum Gasteiger partial charge on any atom is -0.372 e. The van der Waals surface area contributed by atoms with Crippen LogP contribution < -0.4 is 10.2 Å². The van der Waals surface area contributed by atoms with Crippen LogP contribution in [0.15, 0.2) is 30.3 Å². The maximum absolute atomic E-state index is 8.96. The van der Waals surface area contributed by atoms with E-state index in [4.69, 9.17) is 5.26 Å². The molecule has 0 spiro atoms. The molecule has 0 unspecified atom stereocenters. The first-order valence-electron chi connectivity index (χ1n) is 7.62. The standard InChI is InChI=1S/C17H19N5/c1-13-11-15(12-18)21-17(19-13)20-14-5-7-16(8-6-14)22-9-3-2-4-10-22/h5-8,11H,2-4,9-10H2,1H3,(H,19,20,21). The fourth-order valence-corrected chi connectivity index (χ4v) is 2.72. The zero-order chi connectivity index (χ0) is 15.4. The zero-order valence-corrected chi connectivity index (χ0v) is 12.7. The second-order valence-corrected chi connectivity index (χ2v) is 5.55. The van der Waals surface area contributed by atoms with Crippen LogP contribution in [0.5, 0.6) is 0 Å². The predicted octanol–water partition coefficient (Wildman–Crippen LogP) is 3.39. The fourth-order valence-electron chi connectivity index (χ4n) is 2.72. The molecule has 1 aliphatic heterocycles. The van der Waals surface area contributed by atoms with Gasteiger partial charge in [-0.2, -0.15) is 5.26 Å². The summed E-state index contributed by atoms with van der Waals surface area (Å²) in [6.45, 7) is 4.13. The number of nitriles is 1. The van der Waals surface area contributed by atoms with Gasteiger partial charge in [0.05, 0.1) is 0 Å². The third-order valence-electron chi connectivity index (χ3n) is 3.81. The molecular formula is C17H19N5. The van der Waals surface area contributed by atoms with E-state index >= 15 is 0 Å². The van der Waals surface area contributed by atoms with Crippen molar-refractivity contribution in [3.8, 4) is 6.07 Å². The SMILES string of the molecule is Cc1cc(C#N)nc(Nc2ccc(N3CCCCC3)cc2)n1. The van der Waals surface area contributed by atoms with Crippen LogP contribution in [0.3, 0.4) is 0 Å². The molecule has 5 nitrogen and oxygen atoms in total. The number of hydrogen-bond acceptors (Lipinski definition) is 5. The molecule has 22 heavy (non-hydrogen) atoms. The lowest BCUT2D eigenvalue weighted by molar-refractivity contribution is 0.578. The van der Waals surface area contributed by atoms with Crippen LogP contribution in [0.25, 0.3) is 0 Å². The van der Waals surface area contributed by atoms with Gasteiger partial charge in [-0.1, -0.05) is 0 Å². The molecule has 1 fully saturated rings. The molecule has 0 atom stereocenters. The molecule has 0 amide bonds. The van der Waals surface area contributed by atoms with Gasteiger partial charge in [-0.15, -0.1) is 0 Å². The monoisotopic (exact) mass is 293 g/mol. The van der Waals surface area contributed by atoms with Gasteiger partial charge in [-0.25, -0.2) is 9.97 Å². The smallest absolute Gasteiger partial charge is 0.228 e. The number of rotatable bonds is 3. The summed E-state index contributed by atoms with van der Waals surface area (Å²) in [6, 6.07) is 12.0. The fraction of sp³-hybridized carbons (Fsp3) is 0.353. The van der Waals surface area contributed by atoms with Crippen LogP contribution in [0, 0.1) is 18.3 Å². The van der Waals surface area contributed by atoms with E-state index in [1.807, 2.05) is 25.1 Å². The Hall–Kier alpha value is -2.61. The van der Waals surface area contributed by atoms with Gasteiger partial charge in [0.25, 0.3) is 0 Å². The largest absolute Gasteiger partial charge is 0.372 e. The first-order valence-corrected chi connectivity index (χ1v) is 7.62. The first kappa shape index (κ1) is 14.3. The molecule has 0 radical (unpaired) electrons. The minimum absolute atomic E-state index is 0.375. The van der Waals surface area contributed by atoms with Gasteiger partial charge in [-0.3, -0.25) is 0 Å². The van der Waals surface area contributed by atoms with Crippen molar-refractivity contribution in [2.45, 2.75) is 26.2 Å². The second kappa shape index (κ2) is 6.44. The van der Waals surface area contributed by atoms with Crippen LogP contribution in [0.1, 0.15) is 30.7 Å². The van der Waals surface area contributed by atoms with Crippen molar-refractivity contribution in [2.24, 2.45) is 0 Å². The van der Waals surface area contributed by atoms with Crippen LogP contribution in [0.2, 0.25) is 0 Å². The third-order valence-corrected chi connectivity index (χ3v) is 3.81. The topological polar surface area (TPSA) is 64.8 Å². The maximum atomic E-state index is 8.96. The second-order valence-electron chi connectivity index (χ2n) is 5.55. The maximum Gasteiger partial charge on any atom is 0.228 e. The molecule has 112 valence electrons. The summed E-state index contributed by atoms with van der Waals surface area (Å²) in [6.07, 6.45) is 3.88. The van der Waals surface area contributed by atoms with Crippen molar-refractivity contribution in [3.63, 3.8) is 0 Å². The van der Waals surface area contributed by atoms with Gasteiger partial charge in [0.15, 0.2) is 0 Å². The normalized spacial score (nSPS) is 14.5. The van der Waals surface area contributed by atoms with Crippen molar-refractivity contribution in [2.75, 3.05) is 23.3 Å². The van der Waals surface area contributed by atoms with Gasteiger partial charge in [0, 0.05) is 30.2 Å². The van der Waals surface area contributed by atoms with Crippen LogP contribution >= 0.6 is 0 Å². The summed E-state index contributed by atoms with van der Waals surface area (Å²) >= 11 is 0. The number of aryl methyl sites for hydroxylation is 1. The van der Waals surface area contributed by atoms with E-state index < -0.39 is 0 Å². The molecule has 0 aliphatic carbocycles. The summed E-state index contributed by atoms with van der Waals surface area (Å²) in [5.74, 6) is 0.460. The molecule has 5 heteroatoms. The highest BCUT2D eigenvalue weighted by atomic mass is 15.1. The zero-order valence-electron chi connectivity index (χ0n) is 12.7. The number of nitrogens with zero attached hydrogens (tertiary/aromatic N) is 4. The Kier molecular flexibility index (Phi) is 4.19. The summed E-state index contributed by atoms with van der Waals surface area (Å²) < 4.78 is 0. The molecule has 1 saturated heterocycles. The van der Waals surface area contributed by atoms with Crippen molar-refractivity contribution in [3.05, 3.63) is 41.7 Å². The highest BCUT2D eigenvalue weighted by molar-refractivity contribution is 5.59. The van der Waals surface area contributed by atoms with Crippen LogP contribution in [0.4, 0.5) is 17.3 Å². The van der Waals surface area contributed by atoms with Crippen LogP contribution in [-0.2, 0) is 0 Å². The number of anilines is 3. The third kappa shape index (κ3) is 3.34. The van der Waals surface area contributed by atoms with E-state index in [0.29, 0.717) is 11.6 Å². The number of nitrogens with one attached hydrogen (secondary N) is 1. The quantitative estimate of drug-likeness (QED) is 0.939. The molecule has 1 aromatic carbocycles. The molecule has 1 aromatic heterocycles. The number of aromatic nitrogens is 2. The number of benzene rings is 1. The molecule has 0 saturated carbocycles. The lowest BCUT2D eigenvalue weighted by Gasteiger charge is -2.28. The Labute approximate surface area is 130 Å². The van der Waals surface area contributed by atoms with Gasteiger partial charge >= 0.3 is 0 Å². The van der Waals surface area contributed by atoms with Gasteiger partial charge in [-0.05, 0) is 56.5 Å². The van der Waals surface area contributed by atoms with E-state index in [-0.39, 0.29) is 0 Å². The summed E-state index contributed by atoms with van der Waals surface area (Å²) in [5, 5.41) is 12.1. The highest BCUT2D eigenvalue weighted by Crippen LogP contribution is 2.23. The lowest BCUT2D eigenvalue weighted by atomic mass is 10.1. The van der Waals surface area contributed by atoms with Gasteiger partial charge in [0.2, 0.25) is 5.95 Å². The van der Waals surface area contributed by atoms with Crippen molar-refractivity contribution in [1.29, 1.82) is 5.26 Å². The van der Waals surface area contributed by atoms with Gasteiger partial charge < -0.3 is 10.2 Å². The Morgan fingerprint density at radius 3 is 2.50 bits per heavy atom. The van der Waals surface area contributed by atoms with E-state index in [1.165, 1.54) is 24.9 Å². The average molecular weight is 293 g/mol. The van der Waals surface area contributed by atoms with E-state index in [2.05, 4.69) is 32.3 Å². The Bertz CT molecular complexity index is 681. The van der Waals surface area contributed by atoms with Crippen molar-refractivity contribution in [1.82, 2.24) is 9.97 Å². The summed E-state index contributed by atoms with van der Waals surface area (Å²) in [7, 11) is 0. The summed E-state index contributed by atoms with van der Waals surface area (Å²) in [5.41, 5.74) is 3.34. The average Bonchev–Trinajstić information content (AvgIpc) is 2.56. The Morgan fingerprint density at radius 1 is 1.09 bits per heavy atom. The Balaban J connectivity index is 1.73. The Morgan fingerprint density at radius 2 is 1.82 bits per heavy atom. The van der Waals surface area contributed by atoms with E-state index in [9.17, 15) is 0 Å². The first-order chi connectivity index (χ1) is 10.7. The predicted molar refractivity (Wildman–Crippen MR) is 87.3 cm³/mol. The molecule has 1 N–H and O–H groups in total. The van der Waals surface area contributed by atoms with Crippen molar-refractivity contribution < 1.29 is 0 Å². The highest BCUT2D eigenvalue weighted by Gasteiger charge is 2.10. The van der Waals surface area contributed by atoms with E-state index in [1.54, 1.807) is 6.07 Å². The molecule has 2 heterocycles.